The van der Waals surface area contributed by atoms with E-state index in [2.05, 4.69) is 0 Å². The Morgan fingerprint density at radius 2 is 1.71 bits per heavy atom. The van der Waals surface area contributed by atoms with Gasteiger partial charge in [-0.1, -0.05) is 48.5 Å². The summed E-state index contributed by atoms with van der Waals surface area (Å²) in [6, 6.07) is 21.8. The Balaban J connectivity index is 1.60. The summed E-state index contributed by atoms with van der Waals surface area (Å²) in [5.41, 5.74) is 2.81. The number of methoxy groups -OCH3 is 2. The van der Waals surface area contributed by atoms with Crippen LogP contribution in [-0.2, 0) is 22.6 Å². The molecule has 0 amide bonds. The van der Waals surface area contributed by atoms with Gasteiger partial charge in [0.2, 0.25) is 0 Å². The van der Waals surface area contributed by atoms with Gasteiger partial charge in [0.05, 0.1) is 20.1 Å². The SMILES string of the molecule is COC(=O)C(CCCc1ccc(OCc2cccc(F)c2)c(OC)c1)c1ccccc1. The molecule has 0 fully saturated rings. The maximum absolute atomic E-state index is 13.3. The highest BCUT2D eigenvalue weighted by Crippen LogP contribution is 2.30. The molecule has 4 nitrogen and oxygen atoms in total. The summed E-state index contributed by atoms with van der Waals surface area (Å²) in [7, 11) is 3.02. The zero-order valence-corrected chi connectivity index (χ0v) is 17.8. The third-order valence-electron chi connectivity index (χ3n) is 5.16. The van der Waals surface area contributed by atoms with Crippen molar-refractivity contribution in [2.75, 3.05) is 14.2 Å². The van der Waals surface area contributed by atoms with Crippen LogP contribution < -0.4 is 9.47 Å². The van der Waals surface area contributed by atoms with Gasteiger partial charge in [-0.2, -0.15) is 0 Å². The summed E-state index contributed by atoms with van der Waals surface area (Å²) in [6.07, 6.45) is 2.30. The van der Waals surface area contributed by atoms with E-state index in [1.165, 1.54) is 19.2 Å². The Bertz CT molecular complexity index is 988. The van der Waals surface area contributed by atoms with Gasteiger partial charge in [0.25, 0.3) is 0 Å². The Labute approximate surface area is 182 Å². The Morgan fingerprint density at radius 1 is 0.903 bits per heavy atom. The van der Waals surface area contributed by atoms with E-state index in [1.54, 1.807) is 13.2 Å². The summed E-state index contributed by atoms with van der Waals surface area (Å²) >= 11 is 0. The third-order valence-corrected chi connectivity index (χ3v) is 5.16. The van der Waals surface area contributed by atoms with Gasteiger partial charge < -0.3 is 14.2 Å². The molecular formula is C26H27FO4. The van der Waals surface area contributed by atoms with Gasteiger partial charge in [-0.25, -0.2) is 4.39 Å². The average molecular weight is 422 g/mol. The molecule has 3 rings (SSSR count). The predicted molar refractivity (Wildman–Crippen MR) is 118 cm³/mol. The zero-order valence-electron chi connectivity index (χ0n) is 17.8. The van der Waals surface area contributed by atoms with Crippen LogP contribution in [0.3, 0.4) is 0 Å². The molecular weight excluding hydrogens is 395 g/mol. The number of hydrogen-bond acceptors (Lipinski definition) is 4. The van der Waals surface area contributed by atoms with E-state index in [-0.39, 0.29) is 24.3 Å². The number of carbonyl (C=O) groups is 1. The smallest absolute Gasteiger partial charge is 0.313 e. The van der Waals surface area contributed by atoms with Crippen molar-refractivity contribution in [1.82, 2.24) is 0 Å². The molecule has 3 aromatic rings. The molecule has 3 aromatic carbocycles. The van der Waals surface area contributed by atoms with Crippen LogP contribution in [0.5, 0.6) is 11.5 Å². The molecule has 0 saturated heterocycles. The number of halogens is 1. The second-order valence-electron chi connectivity index (χ2n) is 7.28. The summed E-state index contributed by atoms with van der Waals surface area (Å²) in [6.45, 7) is 0.255. The molecule has 0 bridgehead atoms. The highest BCUT2D eigenvalue weighted by Gasteiger charge is 2.20. The maximum atomic E-state index is 13.3. The van der Waals surface area contributed by atoms with Crippen LogP contribution >= 0.6 is 0 Å². The minimum Gasteiger partial charge on any atom is -0.493 e. The molecule has 0 aromatic heterocycles. The first-order chi connectivity index (χ1) is 15.1. The van der Waals surface area contributed by atoms with Crippen LogP contribution in [-0.4, -0.2) is 20.2 Å². The zero-order chi connectivity index (χ0) is 22.1. The first-order valence-electron chi connectivity index (χ1n) is 10.3. The topological polar surface area (TPSA) is 44.8 Å². The quantitative estimate of drug-likeness (QED) is 0.394. The first-order valence-corrected chi connectivity index (χ1v) is 10.3. The summed E-state index contributed by atoms with van der Waals surface area (Å²) in [5.74, 6) is 0.449. The minimum absolute atomic E-state index is 0.218. The first kappa shape index (κ1) is 22.3. The average Bonchev–Trinajstić information content (AvgIpc) is 2.81. The Kier molecular flexibility index (Phi) is 8.05. The normalized spacial score (nSPS) is 11.6. The molecule has 162 valence electrons. The van der Waals surface area contributed by atoms with Gasteiger partial charge in [-0.05, 0) is 60.2 Å². The molecule has 1 atom stereocenters. The van der Waals surface area contributed by atoms with Gasteiger partial charge in [0, 0.05) is 0 Å². The predicted octanol–water partition coefficient (Wildman–Crippen LogP) is 5.69. The van der Waals surface area contributed by atoms with Crippen LogP contribution in [0, 0.1) is 5.82 Å². The fraction of sp³-hybridized carbons (Fsp3) is 0.269. The van der Waals surface area contributed by atoms with Crippen molar-refractivity contribution in [3.8, 4) is 11.5 Å². The second-order valence-corrected chi connectivity index (χ2v) is 7.28. The van der Waals surface area contributed by atoms with Crippen molar-refractivity contribution >= 4 is 5.97 Å². The lowest BCUT2D eigenvalue weighted by molar-refractivity contribution is -0.142. The van der Waals surface area contributed by atoms with Crippen molar-refractivity contribution in [3.63, 3.8) is 0 Å². The lowest BCUT2D eigenvalue weighted by Gasteiger charge is -2.15. The standard InChI is InChI=1S/C26H27FO4/c1-29-25-17-19(14-15-24(25)31-18-20-9-6-12-22(27)16-20)8-7-13-23(26(28)30-2)21-10-4-3-5-11-21/h3-6,9-12,14-17,23H,7-8,13,18H2,1-2H3. The number of hydrogen-bond donors (Lipinski definition) is 0. The van der Waals surface area contributed by atoms with Crippen LogP contribution in [0.1, 0.15) is 35.4 Å². The number of benzene rings is 3. The minimum atomic E-state index is -0.288. The highest BCUT2D eigenvalue weighted by atomic mass is 19.1. The summed E-state index contributed by atoms with van der Waals surface area (Å²) in [5, 5.41) is 0. The molecule has 0 aliphatic heterocycles. The van der Waals surface area contributed by atoms with Gasteiger partial charge in [-0.3, -0.25) is 4.79 Å². The largest absolute Gasteiger partial charge is 0.493 e. The molecule has 1 unspecified atom stereocenters. The summed E-state index contributed by atoms with van der Waals surface area (Å²) in [4.78, 5) is 12.2. The van der Waals surface area contributed by atoms with E-state index in [1.807, 2.05) is 54.6 Å². The fourth-order valence-corrected chi connectivity index (χ4v) is 3.53. The van der Waals surface area contributed by atoms with Crippen molar-refractivity contribution in [2.24, 2.45) is 0 Å². The monoisotopic (exact) mass is 422 g/mol. The van der Waals surface area contributed by atoms with Crippen molar-refractivity contribution in [3.05, 3.63) is 95.3 Å². The van der Waals surface area contributed by atoms with Crippen molar-refractivity contribution < 1.29 is 23.4 Å². The Morgan fingerprint density at radius 3 is 2.42 bits per heavy atom. The van der Waals surface area contributed by atoms with Crippen molar-refractivity contribution in [2.45, 2.75) is 31.8 Å². The number of aryl methyl sites for hydroxylation is 1. The summed E-state index contributed by atoms with van der Waals surface area (Å²) < 4.78 is 29.6. The second kappa shape index (κ2) is 11.2. The van der Waals surface area contributed by atoms with Gasteiger partial charge in [-0.15, -0.1) is 0 Å². The number of rotatable bonds is 10. The Hall–Kier alpha value is -3.34. The molecule has 0 radical (unpaired) electrons. The van der Waals surface area contributed by atoms with Crippen LogP contribution in [0.15, 0.2) is 72.8 Å². The van der Waals surface area contributed by atoms with E-state index in [0.29, 0.717) is 17.9 Å². The van der Waals surface area contributed by atoms with Crippen molar-refractivity contribution in [1.29, 1.82) is 0 Å². The number of esters is 1. The molecule has 0 spiro atoms. The maximum Gasteiger partial charge on any atom is 0.313 e. The van der Waals surface area contributed by atoms with E-state index >= 15 is 0 Å². The fourth-order valence-electron chi connectivity index (χ4n) is 3.53. The van der Waals surface area contributed by atoms with E-state index in [9.17, 15) is 9.18 Å². The molecule has 0 aliphatic rings. The number of ether oxygens (including phenoxy) is 3. The van der Waals surface area contributed by atoms with Gasteiger partial charge >= 0.3 is 5.97 Å². The number of carbonyl (C=O) groups excluding carboxylic acids is 1. The molecule has 5 heteroatoms. The highest BCUT2D eigenvalue weighted by molar-refractivity contribution is 5.77. The third kappa shape index (κ3) is 6.32. The van der Waals surface area contributed by atoms with Crippen LogP contribution in [0.25, 0.3) is 0 Å². The van der Waals surface area contributed by atoms with Gasteiger partial charge in [0.15, 0.2) is 11.5 Å². The van der Waals surface area contributed by atoms with Crippen LogP contribution in [0.4, 0.5) is 4.39 Å². The molecule has 0 saturated carbocycles. The van der Waals surface area contributed by atoms with Gasteiger partial charge in [0.1, 0.15) is 12.4 Å². The van der Waals surface area contributed by atoms with E-state index < -0.39 is 0 Å². The van der Waals surface area contributed by atoms with E-state index in [4.69, 9.17) is 14.2 Å². The molecule has 0 heterocycles. The van der Waals surface area contributed by atoms with Crippen LogP contribution in [0.2, 0.25) is 0 Å². The molecule has 0 N–H and O–H groups in total. The molecule has 31 heavy (non-hydrogen) atoms. The lowest BCUT2D eigenvalue weighted by atomic mass is 9.92. The lowest BCUT2D eigenvalue weighted by Crippen LogP contribution is -2.14. The molecule has 0 aliphatic carbocycles. The van der Waals surface area contributed by atoms with E-state index in [0.717, 1.165) is 29.5 Å².